The van der Waals surface area contributed by atoms with Crippen molar-refractivity contribution in [3.05, 3.63) is 33.3 Å². The van der Waals surface area contributed by atoms with Gasteiger partial charge in [-0.1, -0.05) is 27.5 Å². The van der Waals surface area contributed by atoms with Crippen LogP contribution >= 0.6 is 27.5 Å². The lowest BCUT2D eigenvalue weighted by molar-refractivity contribution is -0.146. The van der Waals surface area contributed by atoms with Gasteiger partial charge in [-0.2, -0.15) is 0 Å². The molecule has 4 heteroatoms. The number of hydrogen-bond donors (Lipinski definition) is 1. The van der Waals surface area contributed by atoms with Gasteiger partial charge in [-0.25, -0.2) is 0 Å². The maximum atomic E-state index is 6.47. The number of halogens is 2. The summed E-state index contributed by atoms with van der Waals surface area (Å²) in [7, 11) is 0. The topological polar surface area (TPSA) is 35.2 Å². The van der Waals surface area contributed by atoms with Gasteiger partial charge in [-0.3, -0.25) is 0 Å². The number of benzene rings is 1. The molecular formula is C15H19BrClNO. The van der Waals surface area contributed by atoms with Crippen LogP contribution in [0.3, 0.4) is 0 Å². The van der Waals surface area contributed by atoms with Crippen molar-refractivity contribution in [2.45, 2.75) is 43.7 Å². The van der Waals surface area contributed by atoms with Gasteiger partial charge in [-0.05, 0) is 61.8 Å². The average Bonchev–Trinajstić information content (AvgIpc) is 2.35. The highest BCUT2D eigenvalue weighted by molar-refractivity contribution is 9.10. The SMILES string of the molecule is NC(c1cc(Cl)cc(Br)c1)C1CCOC2(CCC2)C1. The first-order chi connectivity index (χ1) is 9.08. The molecule has 104 valence electrons. The third-order valence-electron chi connectivity index (χ3n) is 4.57. The summed E-state index contributed by atoms with van der Waals surface area (Å²) >= 11 is 9.61. The van der Waals surface area contributed by atoms with E-state index < -0.39 is 0 Å². The van der Waals surface area contributed by atoms with Crippen molar-refractivity contribution < 1.29 is 4.74 Å². The fourth-order valence-corrected chi connectivity index (χ4v) is 4.22. The van der Waals surface area contributed by atoms with Crippen LogP contribution in [0.5, 0.6) is 0 Å². The van der Waals surface area contributed by atoms with Crippen LogP contribution in [0, 0.1) is 5.92 Å². The number of ether oxygens (including phenoxy) is 1. The number of nitrogens with two attached hydrogens (primary N) is 1. The highest BCUT2D eigenvalue weighted by Crippen LogP contribution is 2.46. The highest BCUT2D eigenvalue weighted by Gasteiger charge is 2.43. The molecule has 3 rings (SSSR count). The molecule has 1 spiro atoms. The minimum absolute atomic E-state index is 0.0522. The van der Waals surface area contributed by atoms with E-state index in [0.29, 0.717) is 5.92 Å². The second-order valence-corrected chi connectivity index (χ2v) is 7.22. The summed E-state index contributed by atoms with van der Waals surface area (Å²) in [5, 5.41) is 0.741. The summed E-state index contributed by atoms with van der Waals surface area (Å²) in [5.41, 5.74) is 7.75. The van der Waals surface area contributed by atoms with Crippen LogP contribution in [0.4, 0.5) is 0 Å². The van der Waals surface area contributed by atoms with E-state index in [1.54, 1.807) is 0 Å². The monoisotopic (exact) mass is 343 g/mol. The molecule has 0 radical (unpaired) electrons. The number of rotatable bonds is 2. The Morgan fingerprint density at radius 1 is 1.37 bits per heavy atom. The molecule has 1 saturated carbocycles. The zero-order valence-electron chi connectivity index (χ0n) is 10.9. The van der Waals surface area contributed by atoms with Crippen LogP contribution in [-0.2, 0) is 4.74 Å². The van der Waals surface area contributed by atoms with E-state index in [1.807, 2.05) is 12.1 Å². The van der Waals surface area contributed by atoms with Crippen molar-refractivity contribution in [3.63, 3.8) is 0 Å². The minimum atomic E-state index is 0.0522. The Labute approximate surface area is 127 Å². The van der Waals surface area contributed by atoms with Gasteiger partial charge in [-0.15, -0.1) is 0 Å². The Bertz CT molecular complexity index is 455. The molecule has 0 bridgehead atoms. The minimum Gasteiger partial charge on any atom is -0.375 e. The zero-order chi connectivity index (χ0) is 13.5. The summed E-state index contributed by atoms with van der Waals surface area (Å²) in [5.74, 6) is 0.499. The summed E-state index contributed by atoms with van der Waals surface area (Å²) in [6.07, 6.45) is 5.85. The van der Waals surface area contributed by atoms with E-state index in [4.69, 9.17) is 22.1 Å². The van der Waals surface area contributed by atoms with Gasteiger partial charge in [0.2, 0.25) is 0 Å². The second-order valence-electron chi connectivity index (χ2n) is 5.87. The molecule has 2 N–H and O–H groups in total. The van der Waals surface area contributed by atoms with Gasteiger partial charge in [0.1, 0.15) is 0 Å². The quantitative estimate of drug-likeness (QED) is 0.860. The summed E-state index contributed by atoms with van der Waals surface area (Å²) < 4.78 is 6.97. The van der Waals surface area contributed by atoms with Crippen molar-refractivity contribution in [2.24, 2.45) is 11.7 Å². The van der Waals surface area contributed by atoms with Crippen LogP contribution in [0.1, 0.15) is 43.7 Å². The molecule has 1 aromatic rings. The Morgan fingerprint density at radius 3 is 2.79 bits per heavy atom. The van der Waals surface area contributed by atoms with Gasteiger partial charge >= 0.3 is 0 Å². The lowest BCUT2D eigenvalue weighted by atomic mass is 9.70. The fraction of sp³-hybridized carbons (Fsp3) is 0.600. The summed E-state index contributed by atoms with van der Waals surface area (Å²) in [4.78, 5) is 0. The highest BCUT2D eigenvalue weighted by atomic mass is 79.9. The lowest BCUT2D eigenvalue weighted by Gasteiger charge is -2.48. The van der Waals surface area contributed by atoms with Gasteiger partial charge in [0.15, 0.2) is 0 Å². The standard InChI is InChI=1S/C15H19BrClNO/c16-12-6-11(7-13(17)8-12)14(18)10-2-5-19-15(9-10)3-1-4-15/h6-8,10,14H,1-5,9,18H2. The van der Waals surface area contributed by atoms with Crippen LogP contribution in [0.15, 0.2) is 22.7 Å². The maximum absolute atomic E-state index is 6.47. The molecule has 2 nitrogen and oxygen atoms in total. The molecule has 19 heavy (non-hydrogen) atoms. The van der Waals surface area contributed by atoms with E-state index >= 15 is 0 Å². The molecule has 1 aliphatic heterocycles. The van der Waals surface area contributed by atoms with E-state index in [9.17, 15) is 0 Å². The molecule has 1 aromatic carbocycles. The molecule has 2 atom stereocenters. The normalized spacial score (nSPS) is 27.0. The third-order valence-corrected chi connectivity index (χ3v) is 5.25. The first-order valence-corrected chi connectivity index (χ1v) is 8.11. The molecule has 0 aromatic heterocycles. The Morgan fingerprint density at radius 2 is 2.16 bits per heavy atom. The molecular weight excluding hydrogens is 326 g/mol. The van der Waals surface area contributed by atoms with E-state index in [-0.39, 0.29) is 11.6 Å². The van der Waals surface area contributed by atoms with Crippen LogP contribution < -0.4 is 5.73 Å². The predicted molar refractivity (Wildman–Crippen MR) is 81.3 cm³/mol. The predicted octanol–water partition coefficient (Wildman–Crippen LogP) is 4.45. The van der Waals surface area contributed by atoms with Crippen molar-refractivity contribution in [1.82, 2.24) is 0 Å². The zero-order valence-corrected chi connectivity index (χ0v) is 13.2. The molecule has 0 amide bonds. The first-order valence-electron chi connectivity index (χ1n) is 6.94. The van der Waals surface area contributed by atoms with Gasteiger partial charge in [0.25, 0.3) is 0 Å². The van der Waals surface area contributed by atoms with Gasteiger partial charge < -0.3 is 10.5 Å². The smallest absolute Gasteiger partial charge is 0.0686 e. The van der Waals surface area contributed by atoms with Crippen molar-refractivity contribution in [1.29, 1.82) is 0 Å². The maximum Gasteiger partial charge on any atom is 0.0686 e. The van der Waals surface area contributed by atoms with Crippen molar-refractivity contribution >= 4 is 27.5 Å². The molecule has 2 unspecified atom stereocenters. The first kappa shape index (κ1) is 13.9. The van der Waals surface area contributed by atoms with E-state index in [2.05, 4.69) is 22.0 Å². The van der Waals surface area contributed by atoms with Gasteiger partial charge in [0, 0.05) is 22.1 Å². The Hall–Kier alpha value is -0.0900. The third kappa shape index (κ3) is 2.85. The van der Waals surface area contributed by atoms with Crippen LogP contribution in [0.2, 0.25) is 5.02 Å². The average molecular weight is 345 g/mol. The summed E-state index contributed by atoms with van der Waals surface area (Å²) in [6.45, 7) is 0.847. The summed E-state index contributed by atoms with van der Waals surface area (Å²) in [6, 6.07) is 6.02. The molecule has 1 saturated heterocycles. The number of hydrogen-bond acceptors (Lipinski definition) is 2. The van der Waals surface area contributed by atoms with E-state index in [0.717, 1.165) is 34.5 Å². The van der Waals surface area contributed by atoms with E-state index in [1.165, 1.54) is 19.3 Å². The molecule has 2 aliphatic rings. The lowest BCUT2D eigenvalue weighted by Crippen LogP contribution is -2.47. The Kier molecular flexibility index (Phi) is 3.91. The Balaban J connectivity index is 1.77. The molecule has 2 fully saturated rings. The second kappa shape index (κ2) is 5.36. The van der Waals surface area contributed by atoms with Crippen LogP contribution in [0.25, 0.3) is 0 Å². The molecule has 1 aliphatic carbocycles. The molecule has 1 heterocycles. The fourth-order valence-electron chi connectivity index (χ4n) is 3.33. The van der Waals surface area contributed by atoms with Crippen molar-refractivity contribution in [2.75, 3.05) is 6.61 Å². The van der Waals surface area contributed by atoms with Crippen molar-refractivity contribution in [3.8, 4) is 0 Å². The van der Waals surface area contributed by atoms with Gasteiger partial charge in [0.05, 0.1) is 5.60 Å². The van der Waals surface area contributed by atoms with Crippen LogP contribution in [-0.4, -0.2) is 12.2 Å². The largest absolute Gasteiger partial charge is 0.375 e.